The summed E-state index contributed by atoms with van der Waals surface area (Å²) < 4.78 is 28.7. The zero-order valence-electron chi connectivity index (χ0n) is 13.8. The Morgan fingerprint density at radius 1 is 1.39 bits per heavy atom. The molecule has 1 fully saturated rings. The van der Waals surface area contributed by atoms with E-state index < -0.39 is 9.84 Å². The van der Waals surface area contributed by atoms with Crippen LogP contribution in [0.15, 0.2) is 24.3 Å². The number of rotatable bonds is 5. The van der Waals surface area contributed by atoms with E-state index in [0.29, 0.717) is 17.5 Å². The molecule has 1 saturated heterocycles. The van der Waals surface area contributed by atoms with E-state index in [1.165, 1.54) is 0 Å². The van der Waals surface area contributed by atoms with Crippen LogP contribution in [0.4, 0.5) is 5.69 Å². The number of benzene rings is 1. The monoisotopic (exact) mass is 356 g/mol. The van der Waals surface area contributed by atoms with Gasteiger partial charge in [-0.2, -0.15) is 0 Å². The highest BCUT2D eigenvalue weighted by atomic mass is 32.2. The standard InChI is InChI=1S/C16H24N2O3S2/c1-12(2)10-18(14-8-9-23(19,20)11-14)16(22)17-13-4-6-15(21-3)7-5-13/h4-7,12,14H,8-11H2,1-3H3,(H,17,22)/t14-/m0/s1. The van der Waals surface area contributed by atoms with Gasteiger partial charge in [-0.05, 0) is 48.8 Å². The van der Waals surface area contributed by atoms with E-state index in [2.05, 4.69) is 19.2 Å². The van der Waals surface area contributed by atoms with Crippen molar-refractivity contribution in [3.05, 3.63) is 24.3 Å². The molecule has 0 aliphatic carbocycles. The van der Waals surface area contributed by atoms with Gasteiger partial charge in [0, 0.05) is 18.3 Å². The van der Waals surface area contributed by atoms with Crippen LogP contribution in [0.5, 0.6) is 5.75 Å². The summed E-state index contributed by atoms with van der Waals surface area (Å²) in [5.74, 6) is 1.61. The Balaban J connectivity index is 2.09. The van der Waals surface area contributed by atoms with Crippen LogP contribution in [0.3, 0.4) is 0 Å². The van der Waals surface area contributed by atoms with Crippen LogP contribution in [0.25, 0.3) is 0 Å². The molecule has 0 radical (unpaired) electrons. The molecule has 0 saturated carbocycles. The largest absolute Gasteiger partial charge is 0.497 e. The average molecular weight is 357 g/mol. The normalized spacial score (nSPS) is 19.6. The summed E-state index contributed by atoms with van der Waals surface area (Å²) in [6, 6.07) is 7.46. The van der Waals surface area contributed by atoms with E-state index in [-0.39, 0.29) is 17.5 Å². The fourth-order valence-electron chi connectivity index (χ4n) is 2.68. The maximum Gasteiger partial charge on any atom is 0.173 e. The van der Waals surface area contributed by atoms with Crippen molar-refractivity contribution in [3.63, 3.8) is 0 Å². The van der Waals surface area contributed by atoms with Crippen molar-refractivity contribution < 1.29 is 13.2 Å². The fourth-order valence-corrected chi connectivity index (χ4v) is 4.75. The number of anilines is 1. The number of hydrogen-bond acceptors (Lipinski definition) is 4. The Bertz CT molecular complexity index is 642. The van der Waals surface area contributed by atoms with Gasteiger partial charge in [-0.3, -0.25) is 0 Å². The first-order valence-electron chi connectivity index (χ1n) is 7.73. The van der Waals surface area contributed by atoms with Crippen LogP contribution in [0, 0.1) is 5.92 Å². The number of ether oxygens (including phenoxy) is 1. The Morgan fingerprint density at radius 2 is 2.04 bits per heavy atom. The molecule has 7 heteroatoms. The Hall–Kier alpha value is -1.34. The first-order chi connectivity index (χ1) is 10.8. The quantitative estimate of drug-likeness (QED) is 0.818. The first kappa shape index (κ1) is 18.0. The molecule has 0 aromatic heterocycles. The van der Waals surface area contributed by atoms with E-state index in [4.69, 9.17) is 17.0 Å². The summed E-state index contributed by atoms with van der Waals surface area (Å²) in [6.07, 6.45) is 0.638. The minimum absolute atomic E-state index is 0.0411. The summed E-state index contributed by atoms with van der Waals surface area (Å²) >= 11 is 5.54. The maximum absolute atomic E-state index is 11.8. The molecule has 1 atom stereocenters. The minimum atomic E-state index is -2.94. The fraction of sp³-hybridized carbons (Fsp3) is 0.562. The summed E-state index contributed by atoms with van der Waals surface area (Å²) in [5, 5.41) is 3.78. The van der Waals surface area contributed by atoms with Crippen LogP contribution in [0.2, 0.25) is 0 Å². The molecular weight excluding hydrogens is 332 g/mol. The van der Waals surface area contributed by atoms with Gasteiger partial charge >= 0.3 is 0 Å². The van der Waals surface area contributed by atoms with E-state index in [9.17, 15) is 8.42 Å². The molecule has 128 valence electrons. The van der Waals surface area contributed by atoms with Gasteiger partial charge in [0.2, 0.25) is 0 Å². The molecule has 0 amide bonds. The Labute approximate surface area is 143 Å². The highest BCUT2D eigenvalue weighted by Crippen LogP contribution is 2.21. The van der Waals surface area contributed by atoms with Gasteiger partial charge in [0.1, 0.15) is 5.75 Å². The summed E-state index contributed by atoms with van der Waals surface area (Å²) in [5.41, 5.74) is 0.866. The van der Waals surface area contributed by atoms with E-state index >= 15 is 0 Å². The van der Waals surface area contributed by atoms with Crippen LogP contribution in [-0.4, -0.2) is 49.6 Å². The predicted molar refractivity (Wildman–Crippen MR) is 97.8 cm³/mol. The van der Waals surface area contributed by atoms with Crippen molar-refractivity contribution in [2.75, 3.05) is 30.5 Å². The third kappa shape index (κ3) is 5.07. The molecule has 1 aliphatic rings. The first-order valence-corrected chi connectivity index (χ1v) is 9.96. The molecule has 23 heavy (non-hydrogen) atoms. The number of nitrogens with zero attached hydrogens (tertiary/aromatic N) is 1. The second-order valence-electron chi connectivity index (χ2n) is 6.26. The van der Waals surface area contributed by atoms with Crippen molar-refractivity contribution >= 4 is 32.9 Å². The molecule has 1 aromatic rings. The third-order valence-electron chi connectivity index (χ3n) is 3.81. The lowest BCUT2D eigenvalue weighted by Gasteiger charge is -2.32. The lowest BCUT2D eigenvalue weighted by atomic mass is 10.1. The van der Waals surface area contributed by atoms with Gasteiger partial charge in [0.15, 0.2) is 14.9 Å². The van der Waals surface area contributed by atoms with Crippen molar-refractivity contribution in [1.82, 2.24) is 4.90 Å². The summed E-state index contributed by atoms with van der Waals surface area (Å²) in [4.78, 5) is 2.02. The topological polar surface area (TPSA) is 58.6 Å². The van der Waals surface area contributed by atoms with Crippen molar-refractivity contribution in [3.8, 4) is 5.75 Å². The zero-order chi connectivity index (χ0) is 17.0. The minimum Gasteiger partial charge on any atom is -0.497 e. The lowest BCUT2D eigenvalue weighted by molar-refractivity contribution is 0.303. The predicted octanol–water partition coefficient (Wildman–Crippen LogP) is 2.54. The number of thiocarbonyl (C=S) groups is 1. The van der Waals surface area contributed by atoms with Gasteiger partial charge in [0.05, 0.1) is 18.6 Å². The van der Waals surface area contributed by atoms with Crippen LogP contribution in [-0.2, 0) is 9.84 Å². The molecule has 1 aromatic carbocycles. The van der Waals surface area contributed by atoms with Gasteiger partial charge in [0.25, 0.3) is 0 Å². The average Bonchev–Trinajstić information content (AvgIpc) is 2.85. The second-order valence-corrected chi connectivity index (χ2v) is 8.88. The second kappa shape index (κ2) is 7.49. The molecule has 1 aliphatic heterocycles. The van der Waals surface area contributed by atoms with Crippen molar-refractivity contribution in [1.29, 1.82) is 0 Å². The van der Waals surface area contributed by atoms with Crippen molar-refractivity contribution in [2.45, 2.75) is 26.3 Å². The van der Waals surface area contributed by atoms with Gasteiger partial charge in [-0.25, -0.2) is 8.42 Å². The van der Waals surface area contributed by atoms with Crippen LogP contribution < -0.4 is 10.1 Å². The molecule has 0 unspecified atom stereocenters. The summed E-state index contributed by atoms with van der Waals surface area (Å²) in [7, 11) is -1.31. The molecule has 1 heterocycles. The van der Waals surface area contributed by atoms with E-state index in [1.807, 2.05) is 29.2 Å². The molecule has 1 N–H and O–H groups in total. The van der Waals surface area contributed by atoms with Crippen LogP contribution >= 0.6 is 12.2 Å². The third-order valence-corrected chi connectivity index (χ3v) is 5.90. The van der Waals surface area contributed by atoms with E-state index in [1.54, 1.807) is 7.11 Å². The summed E-state index contributed by atoms with van der Waals surface area (Å²) in [6.45, 7) is 4.95. The van der Waals surface area contributed by atoms with Crippen LogP contribution in [0.1, 0.15) is 20.3 Å². The van der Waals surface area contributed by atoms with Gasteiger partial charge in [-0.1, -0.05) is 13.8 Å². The highest BCUT2D eigenvalue weighted by Gasteiger charge is 2.33. The van der Waals surface area contributed by atoms with Gasteiger partial charge in [-0.15, -0.1) is 0 Å². The van der Waals surface area contributed by atoms with Gasteiger partial charge < -0.3 is 15.0 Å². The van der Waals surface area contributed by atoms with Crippen molar-refractivity contribution in [2.24, 2.45) is 5.92 Å². The molecule has 2 rings (SSSR count). The molecule has 0 bridgehead atoms. The SMILES string of the molecule is COc1ccc(NC(=S)N(CC(C)C)[C@H]2CCS(=O)(=O)C2)cc1. The smallest absolute Gasteiger partial charge is 0.173 e. The Kier molecular flexibility index (Phi) is 5.86. The van der Waals surface area contributed by atoms with E-state index in [0.717, 1.165) is 18.0 Å². The molecule has 0 spiro atoms. The molecular formula is C16H24N2O3S2. The Morgan fingerprint density at radius 3 is 2.52 bits per heavy atom. The highest BCUT2D eigenvalue weighted by molar-refractivity contribution is 7.91. The zero-order valence-corrected chi connectivity index (χ0v) is 15.4. The number of methoxy groups -OCH3 is 1. The molecule has 5 nitrogen and oxygen atoms in total. The number of nitrogens with one attached hydrogen (secondary N) is 1. The maximum atomic E-state index is 11.8. The number of sulfone groups is 1. The number of hydrogen-bond donors (Lipinski definition) is 1. The lowest BCUT2D eigenvalue weighted by Crippen LogP contribution is -2.45.